The Hall–Kier alpha value is -6.61. The predicted octanol–water partition coefficient (Wildman–Crippen LogP) is 15.7. The highest BCUT2D eigenvalue weighted by molar-refractivity contribution is 5.86. The van der Waals surface area contributed by atoms with Gasteiger partial charge < -0.3 is 28.9 Å². The van der Waals surface area contributed by atoms with Crippen molar-refractivity contribution < 1.29 is 27.4 Å². The molecule has 0 saturated carbocycles. The summed E-state index contributed by atoms with van der Waals surface area (Å²) >= 11 is 0. The summed E-state index contributed by atoms with van der Waals surface area (Å²) in [6.07, 6.45) is -3.42. The van der Waals surface area contributed by atoms with E-state index < -0.39 is 11.7 Å². The smallest absolute Gasteiger partial charge is 0.416 e. The molecule has 0 spiro atoms. The third kappa shape index (κ3) is 11.5. The molecule has 5 unspecified atom stereocenters. The van der Waals surface area contributed by atoms with Crippen LogP contribution in [0.2, 0.25) is 0 Å². The quantitative estimate of drug-likeness (QED) is 0.0758. The van der Waals surface area contributed by atoms with E-state index in [-0.39, 0.29) is 30.0 Å². The molecule has 70 heavy (non-hydrogen) atoms. The zero-order chi connectivity index (χ0) is 50.3. The van der Waals surface area contributed by atoms with Crippen molar-refractivity contribution in [2.45, 2.75) is 118 Å². The number of hydrogen-bond donors (Lipinski definition) is 0. The van der Waals surface area contributed by atoms with Crippen LogP contribution in [-0.2, 0) is 25.8 Å². The minimum absolute atomic E-state index is 0.00980. The highest BCUT2D eigenvalue weighted by Gasteiger charge is 2.32. The van der Waals surface area contributed by atoms with E-state index in [0.29, 0.717) is 13.1 Å². The molecule has 5 atom stereocenters. The fourth-order valence-electron chi connectivity index (χ4n) is 9.82. The first-order chi connectivity index (χ1) is 33.5. The molecule has 368 valence electrons. The molecule has 0 aliphatic rings. The van der Waals surface area contributed by atoms with Crippen molar-refractivity contribution in [1.82, 2.24) is 0 Å². The van der Waals surface area contributed by atoms with Gasteiger partial charge in [0.1, 0.15) is 17.2 Å². The number of benzene rings is 7. The predicted molar refractivity (Wildman–Crippen MR) is 284 cm³/mol. The first-order valence-corrected chi connectivity index (χ1v) is 24.5. The minimum Gasteiger partial charge on any atom is -0.497 e. The maximum Gasteiger partial charge on any atom is 0.416 e. The largest absolute Gasteiger partial charge is 0.497 e. The molecule has 0 bridgehead atoms. The summed E-state index contributed by atoms with van der Waals surface area (Å²) in [7, 11) is 5.10. The summed E-state index contributed by atoms with van der Waals surface area (Å²) < 4.78 is 58.7. The second kappa shape index (κ2) is 22.4. The zero-order valence-electron chi connectivity index (χ0n) is 42.8. The van der Waals surface area contributed by atoms with Crippen molar-refractivity contribution in [3.05, 3.63) is 190 Å². The van der Waals surface area contributed by atoms with Gasteiger partial charge in [-0.3, -0.25) is 0 Å². The third-order valence-electron chi connectivity index (χ3n) is 14.7. The fourth-order valence-corrected chi connectivity index (χ4v) is 9.82. The number of nitrogens with zero attached hydrogens (tertiary/aromatic N) is 3. The number of rotatable bonds is 20. The summed E-state index contributed by atoms with van der Waals surface area (Å²) in [5.41, 5.74) is 10.4. The first kappa shape index (κ1) is 51.2. The molecule has 0 fully saturated rings. The lowest BCUT2D eigenvalue weighted by atomic mass is 9.89. The van der Waals surface area contributed by atoms with Gasteiger partial charge in [0.15, 0.2) is 0 Å². The third-order valence-corrected chi connectivity index (χ3v) is 14.7. The van der Waals surface area contributed by atoms with Gasteiger partial charge in [-0.25, -0.2) is 0 Å². The van der Waals surface area contributed by atoms with Crippen LogP contribution in [0, 0.1) is 13.8 Å². The van der Waals surface area contributed by atoms with Crippen molar-refractivity contribution in [2.75, 3.05) is 36.0 Å². The van der Waals surface area contributed by atoms with E-state index in [0.717, 1.165) is 76.1 Å². The summed E-state index contributed by atoms with van der Waals surface area (Å²) in [5, 5.41) is 2.51. The number of anilines is 3. The Kier molecular flexibility index (Phi) is 16.4. The SMILES string of the molecule is CCC(C)N(Cc1cccc2ccccc12)c1ccc(OC)c(C(C)C(C)N(Cc2ccc(C)cc2C)c2ccc(OC)c(C(C)C(C)N(Cc3ccc(C(F)(F)F)cc3)c3ccc(OC)cc3)c2)c1. The molecule has 0 aliphatic carbocycles. The summed E-state index contributed by atoms with van der Waals surface area (Å²) in [6, 6.07) is 48.6. The second-order valence-corrected chi connectivity index (χ2v) is 19.0. The molecule has 7 aromatic rings. The van der Waals surface area contributed by atoms with Crippen molar-refractivity contribution in [2.24, 2.45) is 0 Å². The average molecular weight is 950 g/mol. The van der Waals surface area contributed by atoms with Gasteiger partial charge in [0, 0.05) is 77.8 Å². The molecule has 0 amide bonds. The van der Waals surface area contributed by atoms with Gasteiger partial charge in [-0.2, -0.15) is 13.2 Å². The van der Waals surface area contributed by atoms with E-state index in [2.05, 4.69) is 167 Å². The molecular formula is C61H70F3N3O3. The summed E-state index contributed by atoms with van der Waals surface area (Å²) in [4.78, 5) is 7.29. The van der Waals surface area contributed by atoms with Crippen LogP contribution in [0.4, 0.5) is 30.2 Å². The minimum atomic E-state index is -4.41. The molecule has 0 saturated heterocycles. The molecule has 9 heteroatoms. The second-order valence-electron chi connectivity index (χ2n) is 19.0. The number of aryl methyl sites for hydroxylation is 2. The Morgan fingerprint density at radius 3 is 1.61 bits per heavy atom. The fraction of sp³-hybridized carbons (Fsp3) is 0.344. The van der Waals surface area contributed by atoms with Gasteiger partial charge in [0.05, 0.1) is 26.9 Å². The van der Waals surface area contributed by atoms with E-state index in [1.54, 1.807) is 33.5 Å². The lowest BCUT2D eigenvalue weighted by molar-refractivity contribution is -0.137. The Balaban J connectivity index is 1.28. The lowest BCUT2D eigenvalue weighted by Gasteiger charge is -2.39. The van der Waals surface area contributed by atoms with Crippen LogP contribution >= 0.6 is 0 Å². The maximum absolute atomic E-state index is 13.6. The van der Waals surface area contributed by atoms with Crippen molar-refractivity contribution >= 4 is 27.8 Å². The van der Waals surface area contributed by atoms with Gasteiger partial charge in [-0.1, -0.05) is 99.1 Å². The molecule has 6 nitrogen and oxygen atoms in total. The number of ether oxygens (including phenoxy) is 3. The van der Waals surface area contributed by atoms with Crippen LogP contribution in [0.1, 0.15) is 104 Å². The highest BCUT2D eigenvalue weighted by Crippen LogP contribution is 2.41. The summed E-state index contributed by atoms with van der Waals surface area (Å²) in [6.45, 7) is 19.7. The monoisotopic (exact) mass is 950 g/mol. The van der Waals surface area contributed by atoms with Crippen LogP contribution in [0.25, 0.3) is 10.8 Å². The number of alkyl halides is 3. The van der Waals surface area contributed by atoms with Gasteiger partial charge >= 0.3 is 6.18 Å². The van der Waals surface area contributed by atoms with Crippen LogP contribution < -0.4 is 28.9 Å². The highest BCUT2D eigenvalue weighted by atomic mass is 19.4. The van der Waals surface area contributed by atoms with Gasteiger partial charge in [-0.15, -0.1) is 0 Å². The Morgan fingerprint density at radius 2 is 1.06 bits per heavy atom. The van der Waals surface area contributed by atoms with Crippen molar-refractivity contribution in [3.63, 3.8) is 0 Å². The lowest BCUT2D eigenvalue weighted by Crippen LogP contribution is -2.38. The maximum atomic E-state index is 13.6. The molecule has 0 N–H and O–H groups in total. The van der Waals surface area contributed by atoms with Gasteiger partial charge in [-0.05, 0) is 147 Å². The van der Waals surface area contributed by atoms with E-state index in [4.69, 9.17) is 14.2 Å². The Labute approximate surface area is 414 Å². The van der Waals surface area contributed by atoms with Crippen LogP contribution in [-0.4, -0.2) is 39.5 Å². The standard InChI is InChI=1S/C61H70F3N3O3/c1-12-42(4)65(39-50-18-15-17-48-16-13-14-19-56(48)50)53-28-32-59(69-10)57(35-53)44(6)46(8)67(38-49-23-20-40(2)34-41(49)3)54-29-33-60(70-11)58(36-54)43(5)45(7)66(52-26-30-55(68-9)31-27-52)37-47-21-24-51(25-22-47)61(62,63)64/h13-36,42-46H,12,37-39H2,1-11H3. The topological polar surface area (TPSA) is 37.4 Å². The van der Waals surface area contributed by atoms with E-state index in [1.807, 2.05) is 24.3 Å². The number of halogens is 3. The number of hydrogen-bond acceptors (Lipinski definition) is 6. The van der Waals surface area contributed by atoms with E-state index >= 15 is 0 Å². The molecule has 0 aromatic heterocycles. The van der Waals surface area contributed by atoms with Crippen molar-refractivity contribution in [3.8, 4) is 17.2 Å². The molecular weight excluding hydrogens is 880 g/mol. The molecule has 7 rings (SSSR count). The Morgan fingerprint density at radius 1 is 0.514 bits per heavy atom. The molecule has 7 aromatic carbocycles. The summed E-state index contributed by atoms with van der Waals surface area (Å²) in [5.74, 6) is 2.28. The normalized spacial score (nSPS) is 13.8. The van der Waals surface area contributed by atoms with Crippen molar-refractivity contribution in [1.29, 1.82) is 0 Å². The molecule has 0 aliphatic heterocycles. The van der Waals surface area contributed by atoms with Gasteiger partial charge in [0.25, 0.3) is 0 Å². The van der Waals surface area contributed by atoms with E-state index in [9.17, 15) is 13.2 Å². The number of methoxy groups -OCH3 is 3. The Bertz CT molecular complexity index is 2820. The van der Waals surface area contributed by atoms with E-state index in [1.165, 1.54) is 33.0 Å². The average Bonchev–Trinajstić information content (AvgIpc) is 3.37. The zero-order valence-corrected chi connectivity index (χ0v) is 42.8. The van der Waals surface area contributed by atoms with Crippen LogP contribution in [0.5, 0.6) is 17.2 Å². The molecule has 0 radical (unpaired) electrons. The van der Waals surface area contributed by atoms with Crippen LogP contribution in [0.15, 0.2) is 146 Å². The number of fused-ring (bicyclic) bond motifs is 1. The van der Waals surface area contributed by atoms with Crippen LogP contribution in [0.3, 0.4) is 0 Å². The first-order valence-electron chi connectivity index (χ1n) is 24.5. The molecule has 0 heterocycles. The van der Waals surface area contributed by atoms with Gasteiger partial charge in [0.2, 0.25) is 0 Å².